The van der Waals surface area contributed by atoms with Crippen LogP contribution >= 0.6 is 11.6 Å². The van der Waals surface area contributed by atoms with Gasteiger partial charge in [-0.15, -0.1) is 12.3 Å². The zero-order valence-electron chi connectivity index (χ0n) is 9.31. The number of aromatic nitrogens is 1. The van der Waals surface area contributed by atoms with Gasteiger partial charge in [-0.25, -0.2) is 0 Å². The van der Waals surface area contributed by atoms with Gasteiger partial charge in [0.2, 0.25) is 11.8 Å². The third-order valence-electron chi connectivity index (χ3n) is 2.66. The smallest absolute Gasteiger partial charge is 0.228 e. The molecule has 0 bridgehead atoms. The Morgan fingerprint density at radius 3 is 2.94 bits per heavy atom. The van der Waals surface area contributed by atoms with Gasteiger partial charge in [0.05, 0.1) is 12.8 Å². The third kappa shape index (κ3) is 2.20. The Hall–Kier alpha value is -1.73. The molecule has 0 aliphatic carbocycles. The van der Waals surface area contributed by atoms with Crippen molar-refractivity contribution in [3.63, 3.8) is 0 Å². The van der Waals surface area contributed by atoms with Crippen molar-refractivity contribution in [1.82, 2.24) is 4.98 Å². The minimum absolute atomic E-state index is 0.0261. The summed E-state index contributed by atoms with van der Waals surface area (Å²) in [6.07, 6.45) is 5.68. The van der Waals surface area contributed by atoms with E-state index in [-0.39, 0.29) is 17.0 Å². The fourth-order valence-electron chi connectivity index (χ4n) is 1.78. The van der Waals surface area contributed by atoms with Gasteiger partial charge in [-0.05, 0) is 6.07 Å². The molecule has 2 rings (SSSR count). The van der Waals surface area contributed by atoms with Gasteiger partial charge in [0, 0.05) is 24.9 Å². The number of ether oxygens (including phenoxy) is 1. The van der Waals surface area contributed by atoms with E-state index in [9.17, 15) is 4.79 Å². The van der Waals surface area contributed by atoms with Gasteiger partial charge < -0.3 is 9.64 Å². The van der Waals surface area contributed by atoms with E-state index < -0.39 is 0 Å². The summed E-state index contributed by atoms with van der Waals surface area (Å²) in [7, 11) is 1.51. The van der Waals surface area contributed by atoms with E-state index in [0.29, 0.717) is 24.5 Å². The standard InChI is InChI=1S/C12H11ClN2O2/c1-3-8-6-11(16)15(7-8)9-4-5-10(17-2)14-12(9)13/h1,4-5,8H,6-7H2,2H3. The van der Waals surface area contributed by atoms with Gasteiger partial charge in [-0.2, -0.15) is 4.98 Å². The SMILES string of the molecule is C#CC1CC(=O)N(c2ccc(OC)nc2Cl)C1. The van der Waals surface area contributed by atoms with Gasteiger partial charge in [-0.1, -0.05) is 11.6 Å². The molecular formula is C12H11ClN2O2. The molecule has 0 aromatic carbocycles. The summed E-state index contributed by atoms with van der Waals surface area (Å²) < 4.78 is 4.95. The van der Waals surface area contributed by atoms with Crippen molar-refractivity contribution < 1.29 is 9.53 Å². The molecule has 88 valence electrons. The second-order valence-electron chi connectivity index (χ2n) is 3.74. The molecule has 1 aromatic heterocycles. The number of terminal acetylenes is 1. The maximum atomic E-state index is 11.8. The molecule has 1 amide bonds. The summed E-state index contributed by atoms with van der Waals surface area (Å²) in [5, 5.41) is 0.246. The lowest BCUT2D eigenvalue weighted by molar-refractivity contribution is -0.117. The number of halogens is 1. The molecule has 4 nitrogen and oxygen atoms in total. The molecule has 1 aliphatic heterocycles. The maximum Gasteiger partial charge on any atom is 0.228 e. The highest BCUT2D eigenvalue weighted by Gasteiger charge is 2.30. The van der Waals surface area contributed by atoms with Crippen molar-refractivity contribution in [3.8, 4) is 18.2 Å². The van der Waals surface area contributed by atoms with Gasteiger partial charge in [0.15, 0.2) is 5.15 Å². The molecule has 1 unspecified atom stereocenters. The van der Waals surface area contributed by atoms with Gasteiger partial charge >= 0.3 is 0 Å². The van der Waals surface area contributed by atoms with E-state index in [2.05, 4.69) is 10.9 Å². The molecule has 0 radical (unpaired) electrons. The molecule has 1 aliphatic rings. The number of anilines is 1. The van der Waals surface area contributed by atoms with Crippen molar-refractivity contribution in [1.29, 1.82) is 0 Å². The number of amides is 1. The van der Waals surface area contributed by atoms with Crippen LogP contribution in [0.2, 0.25) is 5.15 Å². The third-order valence-corrected chi connectivity index (χ3v) is 2.94. The van der Waals surface area contributed by atoms with Crippen LogP contribution in [0.15, 0.2) is 12.1 Å². The fraction of sp³-hybridized carbons (Fsp3) is 0.333. The van der Waals surface area contributed by atoms with Crippen molar-refractivity contribution in [2.24, 2.45) is 5.92 Å². The minimum Gasteiger partial charge on any atom is -0.481 e. The minimum atomic E-state index is -0.0549. The highest BCUT2D eigenvalue weighted by atomic mass is 35.5. The average Bonchev–Trinajstić information content (AvgIpc) is 2.70. The zero-order valence-corrected chi connectivity index (χ0v) is 10.1. The predicted molar refractivity (Wildman–Crippen MR) is 65.1 cm³/mol. The number of methoxy groups -OCH3 is 1. The fourth-order valence-corrected chi connectivity index (χ4v) is 2.03. The van der Waals surface area contributed by atoms with E-state index in [0.717, 1.165) is 0 Å². The monoisotopic (exact) mass is 250 g/mol. The van der Waals surface area contributed by atoms with Crippen LogP contribution in [0.5, 0.6) is 5.88 Å². The van der Waals surface area contributed by atoms with Crippen LogP contribution in [-0.4, -0.2) is 24.5 Å². The van der Waals surface area contributed by atoms with Crippen LogP contribution in [0.3, 0.4) is 0 Å². The first kappa shape index (κ1) is 11.7. The van der Waals surface area contributed by atoms with Gasteiger partial charge in [-0.3, -0.25) is 4.79 Å². The van der Waals surface area contributed by atoms with Crippen LogP contribution in [0.25, 0.3) is 0 Å². The Morgan fingerprint density at radius 1 is 1.65 bits per heavy atom. The normalized spacial score (nSPS) is 19.2. The molecule has 0 N–H and O–H groups in total. The van der Waals surface area contributed by atoms with Gasteiger partial charge in [0.25, 0.3) is 0 Å². The van der Waals surface area contributed by atoms with E-state index in [1.165, 1.54) is 7.11 Å². The zero-order chi connectivity index (χ0) is 12.4. The summed E-state index contributed by atoms with van der Waals surface area (Å²) in [6, 6.07) is 3.38. The quantitative estimate of drug-likeness (QED) is 0.593. The number of hydrogen-bond donors (Lipinski definition) is 0. The second-order valence-corrected chi connectivity index (χ2v) is 4.09. The number of carbonyl (C=O) groups excluding carboxylic acids is 1. The van der Waals surface area contributed by atoms with E-state index in [4.69, 9.17) is 22.8 Å². The lowest BCUT2D eigenvalue weighted by Crippen LogP contribution is -2.24. The molecule has 0 spiro atoms. The molecule has 1 atom stereocenters. The summed E-state index contributed by atoms with van der Waals surface area (Å²) >= 11 is 6.01. The van der Waals surface area contributed by atoms with Crippen LogP contribution in [0, 0.1) is 18.3 Å². The number of rotatable bonds is 2. The maximum absolute atomic E-state index is 11.8. The van der Waals surface area contributed by atoms with E-state index >= 15 is 0 Å². The first-order chi connectivity index (χ1) is 8.15. The van der Waals surface area contributed by atoms with E-state index in [1.807, 2.05) is 0 Å². The Balaban J connectivity index is 2.29. The highest BCUT2D eigenvalue weighted by Crippen LogP contribution is 2.31. The largest absolute Gasteiger partial charge is 0.481 e. The van der Waals surface area contributed by atoms with Crippen LogP contribution in [0.1, 0.15) is 6.42 Å². The van der Waals surface area contributed by atoms with E-state index in [1.54, 1.807) is 17.0 Å². The molecule has 17 heavy (non-hydrogen) atoms. The van der Waals surface area contributed by atoms with Crippen molar-refractivity contribution in [3.05, 3.63) is 17.3 Å². The van der Waals surface area contributed by atoms with Crippen LogP contribution in [0.4, 0.5) is 5.69 Å². The topological polar surface area (TPSA) is 42.4 Å². The second kappa shape index (κ2) is 4.64. The molecule has 1 aromatic rings. The van der Waals surface area contributed by atoms with Crippen molar-refractivity contribution >= 4 is 23.2 Å². The average molecular weight is 251 g/mol. The number of pyridine rings is 1. The number of carbonyl (C=O) groups is 1. The Kier molecular flexibility index (Phi) is 3.21. The van der Waals surface area contributed by atoms with Crippen LogP contribution in [-0.2, 0) is 4.79 Å². The number of hydrogen-bond acceptors (Lipinski definition) is 3. The Bertz CT molecular complexity index is 496. The van der Waals surface area contributed by atoms with Crippen molar-refractivity contribution in [2.75, 3.05) is 18.6 Å². The summed E-state index contributed by atoms with van der Waals surface area (Å²) in [5.74, 6) is 2.92. The lowest BCUT2D eigenvalue weighted by atomic mass is 10.1. The Morgan fingerprint density at radius 2 is 2.41 bits per heavy atom. The summed E-state index contributed by atoms with van der Waals surface area (Å²) in [6.45, 7) is 0.489. The molecule has 1 saturated heterocycles. The predicted octanol–water partition coefficient (Wildman–Crippen LogP) is 1.73. The number of nitrogens with zero attached hydrogens (tertiary/aromatic N) is 2. The van der Waals surface area contributed by atoms with Gasteiger partial charge in [0.1, 0.15) is 0 Å². The molecule has 1 fully saturated rings. The summed E-state index contributed by atoms with van der Waals surface area (Å²) in [4.78, 5) is 17.4. The molecular weight excluding hydrogens is 240 g/mol. The lowest BCUT2D eigenvalue weighted by Gasteiger charge is -2.17. The molecule has 2 heterocycles. The molecule has 5 heteroatoms. The Labute approximate surface area is 105 Å². The first-order valence-corrected chi connectivity index (χ1v) is 5.50. The van der Waals surface area contributed by atoms with Crippen molar-refractivity contribution in [2.45, 2.75) is 6.42 Å². The molecule has 0 saturated carbocycles. The van der Waals surface area contributed by atoms with Crippen LogP contribution < -0.4 is 9.64 Å². The first-order valence-electron chi connectivity index (χ1n) is 5.12. The summed E-state index contributed by atoms with van der Waals surface area (Å²) in [5.41, 5.74) is 0.579. The highest BCUT2D eigenvalue weighted by molar-refractivity contribution is 6.32.